The van der Waals surface area contributed by atoms with Gasteiger partial charge in [0.2, 0.25) is 0 Å². The van der Waals surface area contributed by atoms with E-state index in [0.29, 0.717) is 51.1 Å². The monoisotopic (exact) mass is 905 g/mol. The van der Waals surface area contributed by atoms with Crippen molar-refractivity contribution in [1.82, 2.24) is 0 Å². The SMILES string of the molecule is C/C=C1/CCC2C3CC=C4C[C@@H](O)CC[C@]4(C)C3CC[C@]12C.C/C=C1/[C@H](O)CC2C3CC=C4C[C@@H](O)CC[C@]4(C)C3CC[C@]12C.C[C@]12CC[C@H](O)CC1=CCC1C2CC[C@]2(C)C(=O)CCC12. The number of carbonyl (C=O) groups is 1. The van der Waals surface area contributed by atoms with Crippen LogP contribution in [-0.4, -0.2) is 50.6 Å². The fourth-order valence-electron chi connectivity index (χ4n) is 20.4. The van der Waals surface area contributed by atoms with Gasteiger partial charge in [-0.2, -0.15) is 0 Å². The summed E-state index contributed by atoms with van der Waals surface area (Å²) in [6.45, 7) is 19.0. The topological polar surface area (TPSA) is 98.0 Å². The predicted molar refractivity (Wildman–Crippen MR) is 267 cm³/mol. The van der Waals surface area contributed by atoms with Crippen LogP contribution in [0.1, 0.15) is 203 Å². The lowest BCUT2D eigenvalue weighted by atomic mass is 9.48. The van der Waals surface area contributed by atoms with Gasteiger partial charge in [-0.25, -0.2) is 0 Å². The molecule has 0 radical (unpaired) electrons. The number of allylic oxidation sites excluding steroid dienone is 6. The molecular weight excluding hydrogens is 813 g/mol. The Morgan fingerprint density at radius 3 is 1.29 bits per heavy atom. The van der Waals surface area contributed by atoms with Crippen LogP contribution in [0.25, 0.3) is 0 Å². The molecule has 66 heavy (non-hydrogen) atoms. The Morgan fingerprint density at radius 2 is 0.833 bits per heavy atom. The van der Waals surface area contributed by atoms with Gasteiger partial charge in [0.1, 0.15) is 5.78 Å². The van der Waals surface area contributed by atoms with Crippen molar-refractivity contribution in [2.45, 2.75) is 227 Å². The largest absolute Gasteiger partial charge is 0.393 e. The molecule has 12 rings (SSSR count). The molecule has 0 heterocycles. The lowest BCUT2D eigenvalue weighted by Gasteiger charge is -2.57. The lowest BCUT2D eigenvalue weighted by Crippen LogP contribution is -2.50. The normalized spacial score (nSPS) is 53.2. The van der Waals surface area contributed by atoms with Crippen molar-refractivity contribution in [3.05, 3.63) is 58.2 Å². The van der Waals surface area contributed by atoms with Crippen LogP contribution in [0.4, 0.5) is 0 Å². The van der Waals surface area contributed by atoms with Gasteiger partial charge in [-0.3, -0.25) is 4.79 Å². The Balaban J connectivity index is 0.000000116. The van der Waals surface area contributed by atoms with Crippen LogP contribution in [0, 0.1) is 85.8 Å². The number of carbonyl (C=O) groups excluding carboxylic acids is 1. The summed E-state index contributed by atoms with van der Waals surface area (Å²) in [6.07, 6.45) is 37.5. The van der Waals surface area contributed by atoms with E-state index in [4.69, 9.17) is 0 Å². The summed E-state index contributed by atoms with van der Waals surface area (Å²) in [5.74, 6) is 7.35. The Labute approximate surface area is 400 Å². The first-order valence-corrected chi connectivity index (χ1v) is 28.0. The number of aliphatic hydroxyl groups is 4. The van der Waals surface area contributed by atoms with Crippen molar-refractivity contribution in [3.63, 3.8) is 0 Å². The molecule has 5 nitrogen and oxygen atoms in total. The van der Waals surface area contributed by atoms with Gasteiger partial charge in [0.25, 0.3) is 0 Å². The molecule has 366 valence electrons. The van der Waals surface area contributed by atoms with Gasteiger partial charge in [-0.05, 0) is 241 Å². The smallest absolute Gasteiger partial charge is 0.139 e. The maximum Gasteiger partial charge on any atom is 0.139 e. The molecule has 0 bridgehead atoms. The van der Waals surface area contributed by atoms with Crippen LogP contribution in [0.15, 0.2) is 58.2 Å². The summed E-state index contributed by atoms with van der Waals surface area (Å²) in [6, 6.07) is 0. The third-order valence-electron chi connectivity index (χ3n) is 24.3. The summed E-state index contributed by atoms with van der Waals surface area (Å²) in [5, 5.41) is 40.7. The van der Waals surface area contributed by atoms with Crippen LogP contribution in [0.2, 0.25) is 0 Å². The van der Waals surface area contributed by atoms with E-state index in [1.807, 2.05) is 0 Å². The number of Topliss-reactive ketones (excluding diaryl/α,β-unsaturated/α-hetero) is 1. The van der Waals surface area contributed by atoms with Crippen molar-refractivity contribution in [3.8, 4) is 0 Å². The van der Waals surface area contributed by atoms with Gasteiger partial charge in [0, 0.05) is 11.8 Å². The molecule has 0 amide bonds. The van der Waals surface area contributed by atoms with Gasteiger partial charge >= 0.3 is 0 Å². The average Bonchev–Trinajstić information content (AvgIpc) is 3.90. The van der Waals surface area contributed by atoms with E-state index < -0.39 is 0 Å². The van der Waals surface area contributed by atoms with E-state index in [1.165, 1.54) is 74.5 Å². The van der Waals surface area contributed by atoms with Crippen LogP contribution in [-0.2, 0) is 4.79 Å². The highest BCUT2D eigenvalue weighted by Crippen LogP contribution is 2.69. The second-order valence-corrected chi connectivity index (χ2v) is 26.6. The van der Waals surface area contributed by atoms with E-state index in [9.17, 15) is 25.2 Å². The molecule has 0 aromatic heterocycles. The average molecular weight is 905 g/mol. The highest BCUT2D eigenvalue weighted by Gasteiger charge is 2.61. The highest BCUT2D eigenvalue weighted by molar-refractivity contribution is 5.87. The van der Waals surface area contributed by atoms with E-state index in [2.05, 4.69) is 85.8 Å². The minimum Gasteiger partial charge on any atom is -0.393 e. The van der Waals surface area contributed by atoms with E-state index in [1.54, 1.807) is 11.1 Å². The first kappa shape index (κ1) is 47.9. The Kier molecular flexibility index (Phi) is 12.5. The fraction of sp³-hybridized carbons (Fsp3) is 0.820. The quantitative estimate of drug-likeness (QED) is 0.182. The molecule has 9 saturated carbocycles. The van der Waals surface area contributed by atoms with Crippen molar-refractivity contribution < 1.29 is 25.2 Å². The maximum atomic E-state index is 12.4. The molecule has 12 aliphatic rings. The number of ketones is 1. The lowest BCUT2D eigenvalue weighted by molar-refractivity contribution is -0.132. The standard InChI is InChI=1S/C21H32O2.C21H32O.C19H28O2/c1-4-16-19(23)12-18-15-6-5-13-11-14(22)7-9-20(13,2)17(15)8-10-21(16,18)3;1-4-14-6-8-18-17-7-5-15-13-16(22)9-11-21(15,3)19(17)10-12-20(14,18)2;1-18-9-7-13(20)11-12(18)3-4-14-15-5-6-17(21)19(15,2)10-8-16(14)18/h4-5,14-15,17-19,22-23H,6-12H2,1-3H3;4-5,16-19,22H,6-13H2,1-3H3;3,13-16,20H,4-11H2,1-2H3/b16-4-;14-4-;/t14-,15?,17?,18?,19+,20-,21+;16-,17?,18?,19?,20+,21-;13-,14?,15?,16?,18-,19-/m000/s1. The maximum absolute atomic E-state index is 12.4. The summed E-state index contributed by atoms with van der Waals surface area (Å²) < 4.78 is 0. The molecule has 5 heteroatoms. The molecule has 0 aromatic carbocycles. The summed E-state index contributed by atoms with van der Waals surface area (Å²) in [7, 11) is 0. The van der Waals surface area contributed by atoms with Gasteiger partial charge in [0.15, 0.2) is 0 Å². The number of rotatable bonds is 0. The third kappa shape index (κ3) is 7.26. The Morgan fingerprint density at radius 1 is 0.455 bits per heavy atom. The zero-order chi connectivity index (χ0) is 46.8. The molecule has 9 fully saturated rings. The van der Waals surface area contributed by atoms with Crippen molar-refractivity contribution in [2.75, 3.05) is 0 Å². The number of fused-ring (bicyclic) bond motifs is 15. The van der Waals surface area contributed by atoms with Crippen molar-refractivity contribution >= 4 is 5.78 Å². The fourth-order valence-corrected chi connectivity index (χ4v) is 20.4. The van der Waals surface area contributed by atoms with Gasteiger partial charge in [0.05, 0.1) is 24.4 Å². The summed E-state index contributed by atoms with van der Waals surface area (Å²) in [5.41, 5.74) is 9.38. The van der Waals surface area contributed by atoms with Crippen molar-refractivity contribution in [1.29, 1.82) is 0 Å². The van der Waals surface area contributed by atoms with E-state index >= 15 is 0 Å². The van der Waals surface area contributed by atoms with Gasteiger partial charge < -0.3 is 20.4 Å². The molecule has 9 unspecified atom stereocenters. The Bertz CT molecular complexity index is 2060. The molecule has 0 aliphatic heterocycles. The second-order valence-electron chi connectivity index (χ2n) is 26.6. The van der Waals surface area contributed by atoms with Crippen LogP contribution < -0.4 is 0 Å². The zero-order valence-corrected chi connectivity index (χ0v) is 42.9. The number of hydrogen-bond acceptors (Lipinski definition) is 5. The van der Waals surface area contributed by atoms with Gasteiger partial charge in [-0.15, -0.1) is 0 Å². The molecule has 0 spiro atoms. The van der Waals surface area contributed by atoms with Crippen molar-refractivity contribution in [2.24, 2.45) is 85.8 Å². The van der Waals surface area contributed by atoms with E-state index in [-0.39, 0.29) is 35.2 Å². The minimum atomic E-state index is -0.222. The van der Waals surface area contributed by atoms with Crippen LogP contribution >= 0.6 is 0 Å². The minimum absolute atomic E-state index is 0.0168. The third-order valence-corrected chi connectivity index (χ3v) is 24.3. The summed E-state index contributed by atoms with van der Waals surface area (Å²) >= 11 is 0. The van der Waals surface area contributed by atoms with Crippen LogP contribution in [0.3, 0.4) is 0 Å². The van der Waals surface area contributed by atoms with Crippen LogP contribution in [0.5, 0.6) is 0 Å². The predicted octanol–water partition coefficient (Wildman–Crippen LogP) is 13.4. The Hall–Kier alpha value is -1.79. The first-order valence-electron chi connectivity index (χ1n) is 28.0. The zero-order valence-electron chi connectivity index (χ0n) is 42.9. The molecule has 0 aromatic rings. The molecule has 19 atom stereocenters. The molecule has 0 saturated heterocycles. The molecule has 12 aliphatic carbocycles. The van der Waals surface area contributed by atoms with Gasteiger partial charge in [-0.1, -0.05) is 94.2 Å². The highest BCUT2D eigenvalue weighted by atomic mass is 16.3. The second kappa shape index (κ2) is 17.2. The number of aliphatic hydroxyl groups excluding tert-OH is 4. The number of hydrogen-bond donors (Lipinski definition) is 4. The summed E-state index contributed by atoms with van der Waals surface area (Å²) in [4.78, 5) is 12.4. The van der Waals surface area contributed by atoms with E-state index in [0.717, 1.165) is 119 Å². The first-order chi connectivity index (χ1) is 31.3. The molecule has 4 N–H and O–H groups in total. The molecular formula is C61H92O5.